The van der Waals surface area contributed by atoms with Gasteiger partial charge in [-0.05, 0) is 47.9 Å². The van der Waals surface area contributed by atoms with Crippen molar-refractivity contribution in [1.82, 2.24) is 0 Å². The van der Waals surface area contributed by atoms with E-state index in [0.29, 0.717) is 22.3 Å². The van der Waals surface area contributed by atoms with Crippen molar-refractivity contribution in [3.63, 3.8) is 0 Å². The molecule has 4 rings (SSSR count). The van der Waals surface area contributed by atoms with Crippen LogP contribution >= 0.6 is 11.6 Å². The van der Waals surface area contributed by atoms with Crippen molar-refractivity contribution in [2.45, 2.75) is 18.4 Å². The SMILES string of the molecule is O=C(O)C(Oc1ccc(C2CCNc3ccccc32)cc1)c1cccc(Cl)c1. The molecule has 2 atom stereocenters. The fraction of sp³-hybridized carbons (Fsp3) is 0.174. The van der Waals surface area contributed by atoms with E-state index in [2.05, 4.69) is 23.5 Å². The first kappa shape index (κ1) is 18.4. The number of halogens is 1. The van der Waals surface area contributed by atoms with Crippen LogP contribution in [0.1, 0.15) is 35.1 Å². The highest BCUT2D eigenvalue weighted by Crippen LogP contribution is 2.37. The van der Waals surface area contributed by atoms with E-state index in [-0.39, 0.29) is 0 Å². The maximum absolute atomic E-state index is 11.7. The number of hydrogen-bond acceptors (Lipinski definition) is 3. The van der Waals surface area contributed by atoms with Gasteiger partial charge in [0, 0.05) is 28.7 Å². The van der Waals surface area contributed by atoms with E-state index in [1.165, 1.54) is 16.8 Å². The minimum Gasteiger partial charge on any atom is -0.478 e. The van der Waals surface area contributed by atoms with Gasteiger partial charge in [-0.1, -0.05) is 54.1 Å². The molecule has 0 fully saturated rings. The van der Waals surface area contributed by atoms with E-state index < -0.39 is 12.1 Å². The number of nitrogens with one attached hydrogen (secondary N) is 1. The second-order valence-corrected chi connectivity index (χ2v) is 7.25. The summed E-state index contributed by atoms with van der Waals surface area (Å²) >= 11 is 5.99. The maximum Gasteiger partial charge on any atom is 0.349 e. The number of aliphatic carboxylic acids is 1. The Kier molecular flexibility index (Phi) is 5.22. The third kappa shape index (κ3) is 3.82. The van der Waals surface area contributed by atoms with Crippen molar-refractivity contribution < 1.29 is 14.6 Å². The summed E-state index contributed by atoms with van der Waals surface area (Å²) in [5.74, 6) is -0.230. The van der Waals surface area contributed by atoms with Crippen LogP contribution in [0.2, 0.25) is 5.02 Å². The Morgan fingerprint density at radius 2 is 1.86 bits per heavy atom. The summed E-state index contributed by atoms with van der Waals surface area (Å²) in [7, 11) is 0. The smallest absolute Gasteiger partial charge is 0.349 e. The van der Waals surface area contributed by atoms with Crippen LogP contribution in [0.5, 0.6) is 5.75 Å². The molecule has 1 aliphatic heterocycles. The standard InChI is InChI=1S/C23H20ClNO3/c24-17-5-3-4-16(14-17)22(23(26)27)28-18-10-8-15(9-11-18)19-12-13-25-21-7-2-1-6-20(19)21/h1-11,14,19,22,25H,12-13H2,(H,26,27). The molecule has 2 unspecified atom stereocenters. The van der Waals surface area contributed by atoms with Gasteiger partial charge in [0.25, 0.3) is 0 Å². The van der Waals surface area contributed by atoms with Gasteiger partial charge in [-0.3, -0.25) is 0 Å². The molecule has 0 amide bonds. The molecule has 0 saturated carbocycles. The largest absolute Gasteiger partial charge is 0.478 e. The molecule has 0 aliphatic carbocycles. The quantitative estimate of drug-likeness (QED) is 0.601. The molecule has 3 aromatic carbocycles. The molecular formula is C23H20ClNO3. The van der Waals surface area contributed by atoms with E-state index in [9.17, 15) is 9.90 Å². The van der Waals surface area contributed by atoms with Crippen molar-refractivity contribution in [3.8, 4) is 5.75 Å². The Bertz CT molecular complexity index is 987. The molecule has 0 aromatic heterocycles. The van der Waals surface area contributed by atoms with Crippen LogP contribution in [-0.4, -0.2) is 17.6 Å². The van der Waals surface area contributed by atoms with Gasteiger partial charge in [-0.25, -0.2) is 4.79 Å². The Hall–Kier alpha value is -2.98. The summed E-state index contributed by atoms with van der Waals surface area (Å²) in [6.45, 7) is 0.926. The van der Waals surface area contributed by atoms with E-state index >= 15 is 0 Å². The van der Waals surface area contributed by atoms with Gasteiger partial charge in [0.05, 0.1) is 0 Å². The Labute approximate surface area is 168 Å². The molecule has 3 aromatic rings. The van der Waals surface area contributed by atoms with E-state index in [1.807, 2.05) is 30.3 Å². The van der Waals surface area contributed by atoms with Gasteiger partial charge < -0.3 is 15.2 Å². The zero-order valence-electron chi connectivity index (χ0n) is 15.1. The van der Waals surface area contributed by atoms with Crippen molar-refractivity contribution in [1.29, 1.82) is 0 Å². The average molecular weight is 394 g/mol. The first-order valence-electron chi connectivity index (χ1n) is 9.19. The number of rotatable bonds is 5. The Morgan fingerprint density at radius 3 is 2.61 bits per heavy atom. The molecule has 4 nitrogen and oxygen atoms in total. The van der Waals surface area contributed by atoms with Crippen molar-refractivity contribution in [2.24, 2.45) is 0 Å². The van der Waals surface area contributed by atoms with Gasteiger partial charge in [0.2, 0.25) is 6.10 Å². The van der Waals surface area contributed by atoms with Crippen LogP contribution in [-0.2, 0) is 4.79 Å². The number of carboxylic acid groups (broad SMARTS) is 1. The summed E-state index contributed by atoms with van der Waals surface area (Å²) in [6, 6.07) is 22.8. The third-order valence-electron chi connectivity index (χ3n) is 5.00. The van der Waals surface area contributed by atoms with E-state index in [4.69, 9.17) is 16.3 Å². The molecule has 0 bridgehead atoms. The lowest BCUT2D eigenvalue weighted by Gasteiger charge is -2.27. The second-order valence-electron chi connectivity index (χ2n) is 6.82. The van der Waals surface area contributed by atoms with Gasteiger partial charge in [0.1, 0.15) is 5.75 Å². The lowest BCUT2D eigenvalue weighted by Crippen LogP contribution is -2.18. The number of ether oxygens (including phenoxy) is 1. The van der Waals surface area contributed by atoms with E-state index in [0.717, 1.165) is 13.0 Å². The molecule has 0 spiro atoms. The summed E-state index contributed by atoms with van der Waals surface area (Å²) < 4.78 is 5.76. The normalized spacial score (nSPS) is 16.5. The fourth-order valence-electron chi connectivity index (χ4n) is 3.66. The number of carboxylic acids is 1. The monoisotopic (exact) mass is 393 g/mol. The van der Waals surface area contributed by atoms with Gasteiger partial charge in [-0.15, -0.1) is 0 Å². The van der Waals surface area contributed by atoms with Crippen LogP contribution in [0.4, 0.5) is 5.69 Å². The molecule has 142 valence electrons. The van der Waals surface area contributed by atoms with Gasteiger partial charge in [-0.2, -0.15) is 0 Å². The number of carbonyl (C=O) groups is 1. The Balaban J connectivity index is 1.56. The number of hydrogen-bond donors (Lipinski definition) is 2. The predicted molar refractivity (Wildman–Crippen MR) is 110 cm³/mol. The highest BCUT2D eigenvalue weighted by Gasteiger charge is 2.24. The van der Waals surface area contributed by atoms with Gasteiger partial charge >= 0.3 is 5.97 Å². The minimum absolute atomic E-state index is 0.315. The first-order valence-corrected chi connectivity index (χ1v) is 9.57. The molecule has 2 N–H and O–H groups in total. The van der Waals surface area contributed by atoms with Crippen molar-refractivity contribution in [2.75, 3.05) is 11.9 Å². The second kappa shape index (κ2) is 7.95. The molecule has 1 aliphatic rings. The van der Waals surface area contributed by atoms with Crippen molar-refractivity contribution in [3.05, 3.63) is 94.5 Å². The zero-order valence-corrected chi connectivity index (χ0v) is 15.9. The molecule has 1 heterocycles. The van der Waals surface area contributed by atoms with Crippen LogP contribution in [0, 0.1) is 0 Å². The Morgan fingerprint density at radius 1 is 1.07 bits per heavy atom. The third-order valence-corrected chi connectivity index (χ3v) is 5.23. The van der Waals surface area contributed by atoms with Crippen LogP contribution in [0.25, 0.3) is 0 Å². The topological polar surface area (TPSA) is 58.6 Å². The minimum atomic E-state index is -1.11. The highest BCUT2D eigenvalue weighted by atomic mass is 35.5. The van der Waals surface area contributed by atoms with Crippen LogP contribution in [0.15, 0.2) is 72.8 Å². The summed E-state index contributed by atoms with van der Waals surface area (Å²) in [5, 5.41) is 13.5. The first-order chi connectivity index (χ1) is 13.6. The predicted octanol–water partition coefficient (Wildman–Crippen LogP) is 5.49. The molecule has 0 saturated heterocycles. The summed E-state index contributed by atoms with van der Waals surface area (Å²) in [6.07, 6.45) is -0.0959. The number of benzene rings is 3. The maximum atomic E-state index is 11.7. The lowest BCUT2D eigenvalue weighted by atomic mass is 9.85. The van der Waals surface area contributed by atoms with E-state index in [1.54, 1.807) is 24.3 Å². The number of anilines is 1. The molecule has 28 heavy (non-hydrogen) atoms. The van der Waals surface area contributed by atoms with Crippen molar-refractivity contribution >= 4 is 23.3 Å². The molecular weight excluding hydrogens is 374 g/mol. The molecule has 0 radical (unpaired) electrons. The summed E-state index contributed by atoms with van der Waals surface area (Å²) in [5.41, 5.74) is 4.16. The molecule has 5 heteroatoms. The number of para-hydroxylation sites is 1. The van der Waals surface area contributed by atoms with Crippen LogP contribution < -0.4 is 10.1 Å². The summed E-state index contributed by atoms with van der Waals surface area (Å²) in [4.78, 5) is 11.7. The lowest BCUT2D eigenvalue weighted by molar-refractivity contribution is -0.145. The highest BCUT2D eigenvalue weighted by molar-refractivity contribution is 6.30. The van der Waals surface area contributed by atoms with Gasteiger partial charge in [0.15, 0.2) is 0 Å². The average Bonchev–Trinajstić information content (AvgIpc) is 2.72. The van der Waals surface area contributed by atoms with Crippen LogP contribution in [0.3, 0.4) is 0 Å². The zero-order chi connectivity index (χ0) is 19.5. The fourth-order valence-corrected chi connectivity index (χ4v) is 3.86. The number of fused-ring (bicyclic) bond motifs is 1.